The SMILES string of the molecule is CCN(CC)c1ccc2c(-c3ccc(S(=O)(=O)NCCC(=O)NCCOCCOCCOCCOCCC(=O)O)cc3S(=O)(=O)O)c3ccc(=[N+](CC)CC)cc-3oc2c1. The zero-order chi connectivity index (χ0) is 43.7. The number of amides is 1. The molecule has 4 N–H and O–H groups in total. The number of hydrogen-bond acceptors (Lipinski definition) is 12. The summed E-state index contributed by atoms with van der Waals surface area (Å²) in [7, 11) is -9.30. The van der Waals surface area contributed by atoms with Gasteiger partial charge in [0.15, 0.2) is 0 Å². The van der Waals surface area contributed by atoms with Crippen molar-refractivity contribution in [3.05, 3.63) is 60.0 Å². The van der Waals surface area contributed by atoms with Crippen LogP contribution in [-0.4, -0.2) is 130 Å². The largest absolute Gasteiger partial charge is 0.481 e. The number of hydrogen-bond donors (Lipinski definition) is 4. The van der Waals surface area contributed by atoms with Crippen LogP contribution in [0.4, 0.5) is 5.69 Å². The van der Waals surface area contributed by atoms with Crippen molar-refractivity contribution in [2.45, 2.75) is 50.3 Å². The van der Waals surface area contributed by atoms with Crippen molar-refractivity contribution in [3.63, 3.8) is 0 Å². The first-order chi connectivity index (χ1) is 28.7. The maximum absolute atomic E-state index is 13.4. The Morgan fingerprint density at radius 2 is 1.35 bits per heavy atom. The van der Waals surface area contributed by atoms with Crippen molar-refractivity contribution in [2.75, 3.05) is 97.0 Å². The van der Waals surface area contributed by atoms with Gasteiger partial charge >= 0.3 is 5.97 Å². The van der Waals surface area contributed by atoms with E-state index in [0.717, 1.165) is 43.3 Å². The zero-order valence-corrected chi connectivity index (χ0v) is 36.2. The Bertz CT molecular complexity index is 2300. The number of anilines is 1. The van der Waals surface area contributed by atoms with Crippen LogP contribution in [0.2, 0.25) is 0 Å². The highest BCUT2D eigenvalue weighted by atomic mass is 32.2. The Balaban J connectivity index is 1.40. The summed E-state index contributed by atoms with van der Waals surface area (Å²) >= 11 is 0. The van der Waals surface area contributed by atoms with Crippen LogP contribution in [0.5, 0.6) is 0 Å². The van der Waals surface area contributed by atoms with E-state index in [1.165, 1.54) is 12.1 Å². The van der Waals surface area contributed by atoms with E-state index in [0.29, 0.717) is 60.9 Å². The Morgan fingerprint density at radius 3 is 1.95 bits per heavy atom. The number of carboxylic acid groups (broad SMARTS) is 1. The van der Waals surface area contributed by atoms with E-state index in [1.807, 2.05) is 64.1 Å². The van der Waals surface area contributed by atoms with Crippen LogP contribution in [0, 0.1) is 0 Å². The van der Waals surface area contributed by atoms with E-state index >= 15 is 0 Å². The van der Waals surface area contributed by atoms with E-state index in [-0.39, 0.29) is 51.3 Å². The molecule has 2 aromatic carbocycles. The maximum Gasteiger partial charge on any atom is 0.305 e. The normalized spacial score (nSPS) is 11.9. The second kappa shape index (κ2) is 23.5. The number of carbonyl (C=O) groups excluding carboxylic acids is 1. The molecule has 2 aliphatic rings. The molecule has 0 fully saturated rings. The lowest BCUT2D eigenvalue weighted by Crippen LogP contribution is -2.32. The van der Waals surface area contributed by atoms with Crippen LogP contribution in [0.15, 0.2) is 68.8 Å². The fourth-order valence-electron chi connectivity index (χ4n) is 6.47. The van der Waals surface area contributed by atoms with Gasteiger partial charge in [-0.2, -0.15) is 8.42 Å². The van der Waals surface area contributed by atoms with E-state index in [9.17, 15) is 31.0 Å². The number of aliphatic carboxylic acids is 1. The van der Waals surface area contributed by atoms with Gasteiger partial charge in [0.1, 0.15) is 29.3 Å². The Hall–Kier alpha value is -4.47. The van der Waals surface area contributed by atoms with Gasteiger partial charge in [0, 0.05) is 72.5 Å². The highest BCUT2D eigenvalue weighted by molar-refractivity contribution is 7.89. The molecule has 2 aromatic rings. The Kier molecular flexibility index (Phi) is 18.9. The highest BCUT2D eigenvalue weighted by Crippen LogP contribution is 2.43. The van der Waals surface area contributed by atoms with Crippen molar-refractivity contribution in [2.24, 2.45) is 0 Å². The van der Waals surface area contributed by atoms with Crippen molar-refractivity contribution in [1.29, 1.82) is 0 Å². The summed E-state index contributed by atoms with van der Waals surface area (Å²) in [6.45, 7) is 13.3. The molecule has 0 spiro atoms. The summed E-state index contributed by atoms with van der Waals surface area (Å²) in [4.78, 5) is 24.0. The van der Waals surface area contributed by atoms with E-state index in [1.54, 1.807) is 0 Å². The lowest BCUT2D eigenvalue weighted by Gasteiger charge is -2.22. The minimum atomic E-state index is -4.97. The average molecular weight is 878 g/mol. The third kappa shape index (κ3) is 13.8. The number of nitrogens with one attached hydrogen (secondary N) is 2. The van der Waals surface area contributed by atoms with Crippen LogP contribution in [0.1, 0.15) is 40.5 Å². The summed E-state index contributed by atoms with van der Waals surface area (Å²) in [6, 6.07) is 14.8. The summed E-state index contributed by atoms with van der Waals surface area (Å²) < 4.78 is 95.6. The van der Waals surface area contributed by atoms with Gasteiger partial charge in [-0.15, -0.1) is 0 Å². The third-order valence-corrected chi connectivity index (χ3v) is 11.9. The predicted molar refractivity (Wildman–Crippen MR) is 226 cm³/mol. The highest BCUT2D eigenvalue weighted by Gasteiger charge is 2.27. The molecule has 60 heavy (non-hydrogen) atoms. The number of carboxylic acids is 1. The summed E-state index contributed by atoms with van der Waals surface area (Å²) in [6.07, 6.45) is -0.260. The molecule has 1 aliphatic heterocycles. The molecular weight excluding hydrogens is 821 g/mol. The molecule has 4 rings (SSSR count). The van der Waals surface area contributed by atoms with Crippen LogP contribution in [-0.2, 0) is 48.7 Å². The van der Waals surface area contributed by atoms with E-state index < -0.39 is 41.8 Å². The molecule has 1 aliphatic carbocycles. The quantitative estimate of drug-likeness (QED) is 0.0292. The van der Waals surface area contributed by atoms with Gasteiger partial charge in [-0.3, -0.25) is 14.1 Å². The van der Waals surface area contributed by atoms with Crippen molar-refractivity contribution in [1.82, 2.24) is 14.6 Å². The minimum Gasteiger partial charge on any atom is -0.481 e. The molecule has 1 amide bonds. The van der Waals surface area contributed by atoms with Crippen LogP contribution >= 0.6 is 0 Å². The van der Waals surface area contributed by atoms with Gasteiger partial charge in [-0.1, -0.05) is 6.07 Å². The topological polar surface area (TPSA) is 223 Å². The van der Waals surface area contributed by atoms with Gasteiger partial charge in [-0.25, -0.2) is 17.7 Å². The summed E-state index contributed by atoms with van der Waals surface area (Å²) in [5.41, 5.74) is 2.48. The van der Waals surface area contributed by atoms with Crippen LogP contribution in [0.3, 0.4) is 0 Å². The number of rotatable bonds is 27. The number of benzene rings is 3. The molecule has 0 saturated heterocycles. The van der Waals surface area contributed by atoms with Gasteiger partial charge < -0.3 is 38.7 Å². The molecular formula is C41H57N4O13S2+. The molecule has 0 bridgehead atoms. The molecule has 330 valence electrons. The number of nitrogens with zero attached hydrogens (tertiary/aromatic N) is 2. The lowest BCUT2D eigenvalue weighted by molar-refractivity contribution is -0.138. The first kappa shape index (κ1) is 48.2. The molecule has 0 atom stereocenters. The molecule has 0 saturated carbocycles. The smallest absolute Gasteiger partial charge is 0.305 e. The fourth-order valence-corrected chi connectivity index (χ4v) is 8.33. The van der Waals surface area contributed by atoms with E-state index in [4.69, 9.17) is 28.5 Å². The molecule has 0 radical (unpaired) electrons. The number of fused-ring (bicyclic) bond motifs is 2. The summed E-state index contributed by atoms with van der Waals surface area (Å²) in [5, 5.41) is 12.7. The monoisotopic (exact) mass is 877 g/mol. The minimum absolute atomic E-state index is 0.0584. The maximum atomic E-state index is 13.4. The van der Waals surface area contributed by atoms with Crippen molar-refractivity contribution in [3.8, 4) is 22.5 Å². The van der Waals surface area contributed by atoms with Crippen molar-refractivity contribution >= 4 is 48.7 Å². The van der Waals surface area contributed by atoms with Gasteiger partial charge in [-0.05, 0) is 58.0 Å². The molecule has 17 nitrogen and oxygen atoms in total. The Labute approximate surface area is 351 Å². The number of ether oxygens (including phenoxy) is 4. The van der Waals surface area contributed by atoms with Gasteiger partial charge in [0.2, 0.25) is 21.3 Å². The second-order valence-corrected chi connectivity index (χ2v) is 16.6. The number of carbonyl (C=O) groups is 2. The fraction of sp³-hybridized carbons (Fsp3) is 0.488. The van der Waals surface area contributed by atoms with Gasteiger partial charge in [0.05, 0.1) is 70.2 Å². The third-order valence-electron chi connectivity index (χ3n) is 9.55. The van der Waals surface area contributed by atoms with Crippen molar-refractivity contribution < 1.29 is 59.4 Å². The molecule has 19 heteroatoms. The first-order valence-corrected chi connectivity index (χ1v) is 22.9. The van der Waals surface area contributed by atoms with Crippen LogP contribution < -0.4 is 24.9 Å². The predicted octanol–water partition coefficient (Wildman–Crippen LogP) is 3.44. The Morgan fingerprint density at radius 1 is 0.733 bits per heavy atom. The second-order valence-electron chi connectivity index (χ2n) is 13.4. The van der Waals surface area contributed by atoms with E-state index in [2.05, 4.69) is 19.5 Å². The number of sulfonamides is 1. The molecule has 1 heterocycles. The molecule has 0 unspecified atom stereocenters. The zero-order valence-electron chi connectivity index (χ0n) is 34.6. The standard InChI is InChI=1S/C41H56N4O13S2/c1-5-44(6-2)30-9-12-33-36(27-30)58-37-28-31(45(7-3)8-4)10-13-34(37)41(33)35-14-11-32(29-38(35)60(51,52)53)59(49,50)43-17-15-39(46)42-18-20-55-22-24-57-26-25-56-23-21-54-19-16-40(47)48/h9-14,27-29,43H,5-8,15-26H2,1-4H3,(H2-,42,46,47,48,51,52,53)/p+1. The average Bonchev–Trinajstić information content (AvgIpc) is 3.21. The lowest BCUT2D eigenvalue weighted by atomic mass is 9.93. The van der Waals surface area contributed by atoms with Crippen LogP contribution in [0.25, 0.3) is 33.4 Å². The first-order valence-electron chi connectivity index (χ1n) is 20.0. The summed E-state index contributed by atoms with van der Waals surface area (Å²) in [5.74, 6) is -0.876. The molecule has 0 aromatic heterocycles. The van der Waals surface area contributed by atoms with Gasteiger partial charge in [0.25, 0.3) is 10.1 Å².